The molecule has 1 atom stereocenters. The van der Waals surface area contributed by atoms with Crippen LogP contribution in [0.3, 0.4) is 0 Å². The van der Waals surface area contributed by atoms with Gasteiger partial charge in [-0.1, -0.05) is 18.2 Å². The Hall–Kier alpha value is -3.17. The van der Waals surface area contributed by atoms with Gasteiger partial charge in [0, 0.05) is 31.6 Å². The normalized spacial score (nSPS) is 19.0. The number of hydrogen-bond acceptors (Lipinski definition) is 6. The Morgan fingerprint density at radius 3 is 2.47 bits per heavy atom. The number of benzene rings is 1. The Balaban J connectivity index is 0.000000316. The lowest BCUT2D eigenvalue weighted by Gasteiger charge is -2.32. The molecule has 1 unspecified atom stereocenters. The molecule has 2 aliphatic heterocycles. The first-order chi connectivity index (χ1) is 15.3. The third-order valence-corrected chi connectivity index (χ3v) is 5.41. The predicted octanol–water partition coefficient (Wildman–Crippen LogP) is 3.56. The van der Waals surface area contributed by atoms with E-state index in [0.29, 0.717) is 6.04 Å². The fourth-order valence-corrected chi connectivity index (χ4v) is 4.12. The second kappa shape index (κ2) is 10.4. The highest BCUT2D eigenvalue weighted by Crippen LogP contribution is 2.41. The zero-order valence-corrected chi connectivity index (χ0v) is 18.3. The summed E-state index contributed by atoms with van der Waals surface area (Å²) < 4.78 is 14.5. The van der Waals surface area contributed by atoms with Crippen LogP contribution in [0.25, 0.3) is 22.6 Å². The van der Waals surface area contributed by atoms with E-state index in [1.165, 1.54) is 0 Å². The van der Waals surface area contributed by atoms with Gasteiger partial charge in [0.05, 0.1) is 18.2 Å². The lowest BCUT2D eigenvalue weighted by Crippen LogP contribution is -2.41. The number of hydrogen-bond donors (Lipinski definition) is 3. The van der Waals surface area contributed by atoms with Crippen molar-refractivity contribution in [3.05, 3.63) is 42.7 Å². The number of fused-ring (bicyclic) bond motifs is 1. The van der Waals surface area contributed by atoms with E-state index >= 15 is 0 Å². The van der Waals surface area contributed by atoms with E-state index < -0.39 is 11.9 Å². The van der Waals surface area contributed by atoms with Gasteiger partial charge in [-0.25, -0.2) is 4.98 Å². The van der Waals surface area contributed by atoms with Gasteiger partial charge >= 0.3 is 0 Å². The van der Waals surface area contributed by atoms with Crippen LogP contribution in [0.4, 0.5) is 0 Å². The van der Waals surface area contributed by atoms with Crippen molar-refractivity contribution in [3.63, 3.8) is 0 Å². The van der Waals surface area contributed by atoms with Crippen molar-refractivity contribution in [3.8, 4) is 11.6 Å². The monoisotopic (exact) mass is 443 g/mol. The Labute approximate surface area is 186 Å². The van der Waals surface area contributed by atoms with E-state index in [-0.39, 0.29) is 5.60 Å². The molecule has 2 aliphatic rings. The van der Waals surface area contributed by atoms with Gasteiger partial charge in [0.15, 0.2) is 11.6 Å². The Bertz CT molecular complexity index is 998. The Morgan fingerprint density at radius 2 is 1.81 bits per heavy atom. The molecule has 3 N–H and O–H groups in total. The highest BCUT2D eigenvalue weighted by Gasteiger charge is 2.42. The smallest absolute Gasteiger partial charge is 0.300 e. The minimum absolute atomic E-state index is 0.0470. The van der Waals surface area contributed by atoms with Crippen LogP contribution < -0.4 is 5.32 Å². The van der Waals surface area contributed by atoms with E-state index in [4.69, 9.17) is 29.0 Å². The number of imidazole rings is 1. The summed E-state index contributed by atoms with van der Waals surface area (Å²) in [6, 6.07) is 10.5. The van der Waals surface area contributed by atoms with Crippen molar-refractivity contribution >= 4 is 22.9 Å². The molecule has 5 rings (SSSR count). The molecule has 2 aromatic heterocycles. The largest absolute Gasteiger partial charge is 0.481 e. The summed E-state index contributed by atoms with van der Waals surface area (Å²) in [4.78, 5) is 22.6. The molecule has 2 saturated heterocycles. The summed E-state index contributed by atoms with van der Waals surface area (Å²) in [5, 5.41) is 19.4. The van der Waals surface area contributed by atoms with Crippen molar-refractivity contribution in [2.75, 3.05) is 19.7 Å². The van der Waals surface area contributed by atoms with Crippen LogP contribution in [0.5, 0.6) is 0 Å². The predicted molar refractivity (Wildman–Crippen MR) is 118 cm³/mol. The van der Waals surface area contributed by atoms with Gasteiger partial charge < -0.3 is 29.3 Å². The lowest BCUT2D eigenvalue weighted by atomic mass is 9.88. The maximum atomic E-state index is 9.00. The molecule has 1 aromatic carbocycles. The first-order valence-corrected chi connectivity index (χ1v) is 10.6. The number of piperidine rings is 1. The summed E-state index contributed by atoms with van der Waals surface area (Å²) in [5.74, 6) is 0.0539. The number of nitrogens with zero attached hydrogens (tertiary/aromatic N) is 2. The topological polar surface area (TPSA) is 127 Å². The molecule has 2 fully saturated rings. The molecule has 4 heterocycles. The van der Waals surface area contributed by atoms with Crippen LogP contribution in [-0.4, -0.2) is 57.0 Å². The fourth-order valence-electron chi connectivity index (χ4n) is 4.12. The van der Waals surface area contributed by atoms with Crippen LogP contribution in [0, 0.1) is 0 Å². The zero-order valence-electron chi connectivity index (χ0n) is 18.3. The number of ether oxygens (including phenoxy) is 1. The van der Waals surface area contributed by atoms with E-state index in [0.717, 1.165) is 75.4 Å². The highest BCUT2D eigenvalue weighted by molar-refractivity contribution is 5.81. The molecule has 9 heteroatoms. The third kappa shape index (κ3) is 5.95. The summed E-state index contributed by atoms with van der Waals surface area (Å²) in [6.45, 7) is 5.02. The second-order valence-electron chi connectivity index (χ2n) is 7.95. The first-order valence-electron chi connectivity index (χ1n) is 10.6. The minimum Gasteiger partial charge on any atom is -0.481 e. The van der Waals surface area contributed by atoms with E-state index in [1.807, 2.05) is 24.4 Å². The highest BCUT2D eigenvalue weighted by atomic mass is 16.5. The number of carbonyl (C=O) groups is 2. The van der Waals surface area contributed by atoms with Gasteiger partial charge in [0.2, 0.25) is 0 Å². The maximum absolute atomic E-state index is 9.00. The molecule has 3 aromatic rings. The molecule has 172 valence electrons. The molecule has 1 spiro atoms. The number of para-hydroxylation sites is 1. The third-order valence-electron chi connectivity index (χ3n) is 5.41. The molecule has 32 heavy (non-hydrogen) atoms. The number of nitrogens with one attached hydrogen (secondary N) is 1. The van der Waals surface area contributed by atoms with Crippen molar-refractivity contribution in [2.24, 2.45) is 0 Å². The van der Waals surface area contributed by atoms with Gasteiger partial charge in [-0.05, 0) is 44.5 Å². The van der Waals surface area contributed by atoms with Gasteiger partial charge in [-0.15, -0.1) is 0 Å². The van der Waals surface area contributed by atoms with E-state index in [2.05, 4.69) is 33.2 Å². The summed E-state index contributed by atoms with van der Waals surface area (Å²) in [6.07, 6.45) is 7.15. The Kier molecular flexibility index (Phi) is 7.66. The van der Waals surface area contributed by atoms with Gasteiger partial charge in [-0.2, -0.15) is 0 Å². The molecule has 0 radical (unpaired) electrons. The van der Waals surface area contributed by atoms with Crippen molar-refractivity contribution < 1.29 is 29.0 Å². The number of aliphatic carboxylic acids is 2. The standard InChI is InChI=1S/C19H21N3O2.2C2H4O2/c1-2-4-16-14(3-1)11-17(24-16)18-21-9-10-22(18)15-12-19(23-13-15)5-7-20-8-6-19;2*1-2(3)4/h1-4,9-11,15,20H,5-8,12-13H2;2*1H3,(H,3,4). The number of aromatic nitrogens is 2. The van der Waals surface area contributed by atoms with Crippen LogP contribution in [0.2, 0.25) is 0 Å². The molecule has 0 amide bonds. The van der Waals surface area contributed by atoms with Gasteiger partial charge in [0.1, 0.15) is 5.58 Å². The summed E-state index contributed by atoms with van der Waals surface area (Å²) in [5.41, 5.74) is 0.949. The van der Waals surface area contributed by atoms with Crippen molar-refractivity contribution in [2.45, 2.75) is 44.8 Å². The SMILES string of the molecule is CC(=O)O.CC(=O)O.c1ccc2oc(-c3nccn3C3COC4(CCNCC4)C3)cc2c1. The molecule has 0 aliphatic carbocycles. The average Bonchev–Trinajstić information content (AvgIpc) is 3.45. The maximum Gasteiger partial charge on any atom is 0.300 e. The molecule has 0 saturated carbocycles. The average molecular weight is 444 g/mol. The number of rotatable bonds is 2. The second-order valence-corrected chi connectivity index (χ2v) is 7.95. The molecule has 9 nitrogen and oxygen atoms in total. The lowest BCUT2D eigenvalue weighted by molar-refractivity contribution is -0.135. The van der Waals surface area contributed by atoms with Crippen molar-refractivity contribution in [1.29, 1.82) is 0 Å². The van der Waals surface area contributed by atoms with E-state index in [1.54, 1.807) is 0 Å². The van der Waals surface area contributed by atoms with E-state index in [9.17, 15) is 0 Å². The molecular weight excluding hydrogens is 414 g/mol. The quantitative estimate of drug-likeness (QED) is 0.549. The number of carboxylic acid groups (broad SMARTS) is 2. The fraction of sp³-hybridized carbons (Fsp3) is 0.435. The minimum atomic E-state index is -0.833. The Morgan fingerprint density at radius 1 is 1.16 bits per heavy atom. The van der Waals surface area contributed by atoms with Crippen LogP contribution in [0.15, 0.2) is 47.1 Å². The number of carboxylic acids is 2. The van der Waals surface area contributed by atoms with Gasteiger partial charge in [0.25, 0.3) is 11.9 Å². The van der Waals surface area contributed by atoms with Crippen LogP contribution >= 0.6 is 0 Å². The zero-order chi connectivity index (χ0) is 23.1. The molecule has 0 bridgehead atoms. The van der Waals surface area contributed by atoms with Crippen LogP contribution in [-0.2, 0) is 14.3 Å². The van der Waals surface area contributed by atoms with Crippen molar-refractivity contribution in [1.82, 2.24) is 14.9 Å². The molecular formula is C23H29N3O6. The van der Waals surface area contributed by atoms with Gasteiger partial charge in [-0.3, -0.25) is 9.59 Å². The first kappa shape index (κ1) is 23.5. The number of furan rings is 1. The summed E-state index contributed by atoms with van der Waals surface area (Å²) >= 11 is 0. The summed E-state index contributed by atoms with van der Waals surface area (Å²) in [7, 11) is 0. The van der Waals surface area contributed by atoms with Crippen LogP contribution in [0.1, 0.15) is 39.2 Å².